The van der Waals surface area contributed by atoms with Crippen molar-refractivity contribution in [2.24, 2.45) is 5.92 Å². The second-order valence-electron chi connectivity index (χ2n) is 7.17. The highest BCUT2D eigenvalue weighted by Crippen LogP contribution is 2.35. The first-order valence-electron chi connectivity index (χ1n) is 8.97. The van der Waals surface area contributed by atoms with Crippen LogP contribution in [0.4, 0.5) is 0 Å². The summed E-state index contributed by atoms with van der Waals surface area (Å²) in [5.74, 6) is 1.19. The van der Waals surface area contributed by atoms with Gasteiger partial charge in [-0.05, 0) is 58.0 Å². The Morgan fingerprint density at radius 3 is 2.67 bits per heavy atom. The maximum atomic E-state index is 12.8. The summed E-state index contributed by atoms with van der Waals surface area (Å²) in [6.07, 6.45) is 10.3. The van der Waals surface area contributed by atoms with Crippen LogP contribution in [0.5, 0.6) is 0 Å². The maximum Gasteiger partial charge on any atom is 0.237 e. The molecule has 120 valence electrons. The zero-order chi connectivity index (χ0) is 14.7. The summed E-state index contributed by atoms with van der Waals surface area (Å²) in [7, 11) is 2.01. The lowest BCUT2D eigenvalue weighted by molar-refractivity contribution is -0.139. The number of amides is 1. The summed E-state index contributed by atoms with van der Waals surface area (Å²) >= 11 is 0. The van der Waals surface area contributed by atoms with E-state index in [1.807, 2.05) is 7.05 Å². The predicted molar refractivity (Wildman–Crippen MR) is 85.2 cm³/mol. The second-order valence-corrected chi connectivity index (χ2v) is 7.17. The topological polar surface area (TPSA) is 35.6 Å². The zero-order valence-corrected chi connectivity index (χ0v) is 13.5. The third-order valence-corrected chi connectivity index (χ3v) is 5.84. The van der Waals surface area contributed by atoms with Crippen LogP contribution in [0.25, 0.3) is 0 Å². The molecule has 1 saturated carbocycles. The molecule has 3 fully saturated rings. The highest BCUT2D eigenvalue weighted by molar-refractivity contribution is 5.78. The Bertz CT molecular complexity index is 358. The van der Waals surface area contributed by atoms with Crippen molar-refractivity contribution >= 4 is 5.91 Å². The number of rotatable bonds is 4. The molecule has 1 amide bonds. The lowest BCUT2D eigenvalue weighted by atomic mass is 9.78. The average Bonchev–Trinajstić information content (AvgIpc) is 2.94. The molecule has 1 aliphatic carbocycles. The van der Waals surface area contributed by atoms with Gasteiger partial charge in [-0.3, -0.25) is 9.69 Å². The van der Waals surface area contributed by atoms with Crippen molar-refractivity contribution < 1.29 is 4.79 Å². The smallest absolute Gasteiger partial charge is 0.237 e. The number of nitrogens with zero attached hydrogens (tertiary/aromatic N) is 2. The normalized spacial score (nSPS) is 34.0. The molecule has 3 aliphatic rings. The Kier molecular flexibility index (Phi) is 5.17. The first-order valence-corrected chi connectivity index (χ1v) is 8.97. The molecule has 2 heterocycles. The van der Waals surface area contributed by atoms with E-state index in [1.165, 1.54) is 51.4 Å². The fraction of sp³-hybridized carbons (Fsp3) is 0.941. The van der Waals surface area contributed by atoms with Gasteiger partial charge in [-0.25, -0.2) is 0 Å². The minimum absolute atomic E-state index is 0.398. The van der Waals surface area contributed by atoms with Crippen molar-refractivity contribution in [3.8, 4) is 0 Å². The summed E-state index contributed by atoms with van der Waals surface area (Å²) in [5.41, 5.74) is 0. The summed E-state index contributed by atoms with van der Waals surface area (Å²) in [6, 6.07) is 1.12. The number of carbonyl (C=O) groups is 1. The van der Waals surface area contributed by atoms with E-state index in [9.17, 15) is 4.79 Å². The number of likely N-dealkylation sites (N-methyl/N-ethyl adjacent to an activating group) is 1. The van der Waals surface area contributed by atoms with E-state index in [0.29, 0.717) is 24.5 Å². The Labute approximate surface area is 129 Å². The standard InChI is InChI=1S/C17H31N3O/c1-18-12-15-8-5-10-19(15)13-17(21)20-11-4-7-14-6-2-3-9-16(14)20/h14-16,18H,2-13H2,1H3. The van der Waals surface area contributed by atoms with Gasteiger partial charge in [0.05, 0.1) is 6.54 Å². The minimum Gasteiger partial charge on any atom is -0.338 e. The van der Waals surface area contributed by atoms with Crippen molar-refractivity contribution in [3.05, 3.63) is 0 Å². The molecular weight excluding hydrogens is 262 g/mol. The van der Waals surface area contributed by atoms with Crippen LogP contribution in [0.2, 0.25) is 0 Å². The molecule has 4 nitrogen and oxygen atoms in total. The lowest BCUT2D eigenvalue weighted by Gasteiger charge is -2.44. The van der Waals surface area contributed by atoms with E-state index < -0.39 is 0 Å². The van der Waals surface area contributed by atoms with Gasteiger partial charge in [0.1, 0.15) is 0 Å². The van der Waals surface area contributed by atoms with Crippen LogP contribution >= 0.6 is 0 Å². The summed E-state index contributed by atoms with van der Waals surface area (Å²) in [4.78, 5) is 17.5. The van der Waals surface area contributed by atoms with Gasteiger partial charge in [-0.2, -0.15) is 0 Å². The first kappa shape index (κ1) is 15.3. The Balaban J connectivity index is 1.59. The molecule has 1 N–H and O–H groups in total. The third-order valence-electron chi connectivity index (χ3n) is 5.84. The number of carbonyl (C=O) groups excluding carboxylic acids is 1. The minimum atomic E-state index is 0.398. The highest BCUT2D eigenvalue weighted by Gasteiger charge is 2.36. The monoisotopic (exact) mass is 293 g/mol. The van der Waals surface area contributed by atoms with Crippen molar-refractivity contribution in [3.63, 3.8) is 0 Å². The molecule has 21 heavy (non-hydrogen) atoms. The lowest BCUT2D eigenvalue weighted by Crippen LogP contribution is -2.53. The zero-order valence-electron chi connectivity index (χ0n) is 13.5. The SMILES string of the molecule is CNCC1CCCN1CC(=O)N1CCCC2CCCCC21. The summed E-state index contributed by atoms with van der Waals surface area (Å²) in [6.45, 7) is 3.76. The van der Waals surface area contributed by atoms with Crippen LogP contribution in [-0.2, 0) is 4.79 Å². The molecule has 3 unspecified atom stereocenters. The van der Waals surface area contributed by atoms with Crippen molar-refractivity contribution in [2.75, 3.05) is 33.2 Å². The van der Waals surface area contributed by atoms with Gasteiger partial charge in [0.15, 0.2) is 0 Å². The van der Waals surface area contributed by atoms with Crippen LogP contribution < -0.4 is 5.32 Å². The van der Waals surface area contributed by atoms with E-state index in [1.54, 1.807) is 0 Å². The van der Waals surface area contributed by atoms with E-state index in [2.05, 4.69) is 15.1 Å². The van der Waals surface area contributed by atoms with Crippen LogP contribution in [0, 0.1) is 5.92 Å². The van der Waals surface area contributed by atoms with Crippen molar-refractivity contribution in [1.29, 1.82) is 0 Å². The van der Waals surface area contributed by atoms with E-state index in [-0.39, 0.29) is 0 Å². The molecule has 0 aromatic heterocycles. The second kappa shape index (κ2) is 7.10. The fourth-order valence-corrected chi connectivity index (χ4v) is 4.77. The van der Waals surface area contributed by atoms with E-state index >= 15 is 0 Å². The van der Waals surface area contributed by atoms with Gasteiger partial charge >= 0.3 is 0 Å². The molecule has 2 aliphatic heterocycles. The van der Waals surface area contributed by atoms with Gasteiger partial charge in [0.25, 0.3) is 0 Å². The molecule has 2 saturated heterocycles. The van der Waals surface area contributed by atoms with Gasteiger partial charge in [-0.15, -0.1) is 0 Å². The van der Waals surface area contributed by atoms with Gasteiger partial charge in [0.2, 0.25) is 5.91 Å². The highest BCUT2D eigenvalue weighted by atomic mass is 16.2. The number of piperidine rings is 1. The molecule has 3 atom stereocenters. The molecular formula is C17H31N3O. The van der Waals surface area contributed by atoms with Crippen molar-refractivity contribution in [2.45, 2.75) is 63.5 Å². The Hall–Kier alpha value is -0.610. The van der Waals surface area contributed by atoms with Crippen LogP contribution in [0.1, 0.15) is 51.4 Å². The van der Waals surface area contributed by atoms with Crippen molar-refractivity contribution in [1.82, 2.24) is 15.1 Å². The number of hydrogen-bond acceptors (Lipinski definition) is 3. The third kappa shape index (κ3) is 3.42. The molecule has 0 radical (unpaired) electrons. The number of likely N-dealkylation sites (tertiary alicyclic amines) is 2. The molecule has 3 rings (SSSR count). The predicted octanol–water partition coefficient (Wildman–Crippen LogP) is 1.85. The average molecular weight is 293 g/mol. The molecule has 0 aromatic rings. The van der Waals surface area contributed by atoms with Crippen LogP contribution in [-0.4, -0.2) is 61.0 Å². The van der Waals surface area contributed by atoms with Crippen LogP contribution in [0.3, 0.4) is 0 Å². The summed E-state index contributed by atoms with van der Waals surface area (Å²) < 4.78 is 0. The largest absolute Gasteiger partial charge is 0.338 e. The van der Waals surface area contributed by atoms with Crippen LogP contribution in [0.15, 0.2) is 0 Å². The fourth-order valence-electron chi connectivity index (χ4n) is 4.77. The molecule has 4 heteroatoms. The first-order chi connectivity index (χ1) is 10.3. The summed E-state index contributed by atoms with van der Waals surface area (Å²) in [5, 5.41) is 3.27. The van der Waals surface area contributed by atoms with Gasteiger partial charge < -0.3 is 10.2 Å². The van der Waals surface area contributed by atoms with Gasteiger partial charge in [-0.1, -0.05) is 12.8 Å². The molecule has 0 bridgehead atoms. The number of fused-ring (bicyclic) bond motifs is 1. The number of hydrogen-bond donors (Lipinski definition) is 1. The Morgan fingerprint density at radius 1 is 1.05 bits per heavy atom. The Morgan fingerprint density at radius 2 is 1.81 bits per heavy atom. The van der Waals surface area contributed by atoms with Gasteiger partial charge in [0, 0.05) is 25.2 Å². The molecule has 0 aromatic carbocycles. The maximum absolute atomic E-state index is 12.8. The van der Waals surface area contributed by atoms with E-state index in [4.69, 9.17) is 0 Å². The molecule has 0 spiro atoms. The van der Waals surface area contributed by atoms with E-state index in [0.717, 1.165) is 25.6 Å². The number of nitrogens with one attached hydrogen (secondary N) is 1. The quantitative estimate of drug-likeness (QED) is 0.859.